The first-order valence-electron chi connectivity index (χ1n) is 6.73. The molecule has 20 heavy (non-hydrogen) atoms. The highest BCUT2D eigenvalue weighted by Gasteiger charge is 2.57. The van der Waals surface area contributed by atoms with Gasteiger partial charge in [-0.1, -0.05) is 0 Å². The Hall–Kier alpha value is -1.21. The number of ether oxygens (including phenoxy) is 1. The van der Waals surface area contributed by atoms with Crippen LogP contribution < -0.4 is 4.74 Å². The number of piperidine rings is 1. The molecule has 1 aromatic heterocycles. The van der Waals surface area contributed by atoms with Crippen LogP contribution in [0.3, 0.4) is 0 Å². The molecule has 110 valence electrons. The second-order valence-electron chi connectivity index (χ2n) is 5.23. The van der Waals surface area contributed by atoms with Crippen LogP contribution in [0.25, 0.3) is 0 Å². The van der Waals surface area contributed by atoms with E-state index >= 15 is 0 Å². The standard InChI is InChI=1S/C13H17FN2O3S/c1-2-19-13-4-3-9(6-15-13)20(17,18)16-7-11-10(5-14)12(11)8-16/h3-4,6,10-12H,2,5,7-8H2,1H3/t10?,11-,12+. The summed E-state index contributed by atoms with van der Waals surface area (Å²) in [4.78, 5) is 4.15. The molecule has 0 amide bonds. The maximum Gasteiger partial charge on any atom is 0.244 e. The second-order valence-corrected chi connectivity index (χ2v) is 7.17. The second kappa shape index (κ2) is 4.96. The van der Waals surface area contributed by atoms with Gasteiger partial charge in [-0.2, -0.15) is 4.31 Å². The lowest BCUT2D eigenvalue weighted by Crippen LogP contribution is -2.32. The number of alkyl halides is 1. The highest BCUT2D eigenvalue weighted by molar-refractivity contribution is 7.89. The van der Waals surface area contributed by atoms with Gasteiger partial charge in [0.2, 0.25) is 15.9 Å². The molecule has 0 N–H and O–H groups in total. The Morgan fingerprint density at radius 2 is 2.10 bits per heavy atom. The number of rotatable bonds is 5. The van der Waals surface area contributed by atoms with Crippen LogP contribution in [0.5, 0.6) is 5.88 Å². The van der Waals surface area contributed by atoms with Crippen molar-refractivity contribution in [1.29, 1.82) is 0 Å². The highest BCUT2D eigenvalue weighted by atomic mass is 32.2. The summed E-state index contributed by atoms with van der Waals surface area (Å²) in [5.74, 6) is 0.879. The van der Waals surface area contributed by atoms with Crippen LogP contribution in [-0.4, -0.2) is 44.1 Å². The minimum atomic E-state index is -3.51. The molecule has 5 nitrogen and oxygen atoms in total. The van der Waals surface area contributed by atoms with Gasteiger partial charge in [-0.3, -0.25) is 4.39 Å². The van der Waals surface area contributed by atoms with E-state index in [2.05, 4.69) is 4.98 Å². The molecule has 0 aromatic carbocycles. The Morgan fingerprint density at radius 3 is 2.60 bits per heavy atom. The molecule has 2 aliphatic rings. The molecule has 1 saturated carbocycles. The van der Waals surface area contributed by atoms with Crippen molar-refractivity contribution >= 4 is 10.0 Å². The zero-order valence-corrected chi connectivity index (χ0v) is 12.0. The summed E-state index contributed by atoms with van der Waals surface area (Å²) in [6.07, 6.45) is 1.32. The number of halogens is 1. The minimum absolute atomic E-state index is 0.0694. The first kappa shape index (κ1) is 13.8. The van der Waals surface area contributed by atoms with Crippen LogP contribution in [0.15, 0.2) is 23.2 Å². The van der Waals surface area contributed by atoms with Gasteiger partial charge in [-0.05, 0) is 30.7 Å². The van der Waals surface area contributed by atoms with Crippen LogP contribution in [0, 0.1) is 17.8 Å². The van der Waals surface area contributed by atoms with Gasteiger partial charge in [0.1, 0.15) is 4.90 Å². The fourth-order valence-corrected chi connectivity index (χ4v) is 4.40. The van der Waals surface area contributed by atoms with Gasteiger partial charge in [-0.15, -0.1) is 0 Å². The van der Waals surface area contributed by atoms with E-state index < -0.39 is 10.0 Å². The Bertz CT molecular complexity index is 578. The molecule has 7 heteroatoms. The van der Waals surface area contributed by atoms with Crippen molar-refractivity contribution < 1.29 is 17.5 Å². The third-order valence-electron chi connectivity index (χ3n) is 4.16. The van der Waals surface area contributed by atoms with Crippen molar-refractivity contribution in [3.05, 3.63) is 18.3 Å². The van der Waals surface area contributed by atoms with Gasteiger partial charge in [0, 0.05) is 19.2 Å². The molecule has 1 aliphatic heterocycles. The predicted octanol–water partition coefficient (Wildman–Crippen LogP) is 1.32. The number of sulfonamides is 1. The maximum absolute atomic E-state index is 12.6. The number of nitrogens with zero attached hydrogens (tertiary/aromatic N) is 2. The smallest absolute Gasteiger partial charge is 0.244 e. The Kier molecular flexibility index (Phi) is 3.41. The molecule has 1 unspecified atom stereocenters. The van der Waals surface area contributed by atoms with Crippen molar-refractivity contribution in [2.75, 3.05) is 26.4 Å². The predicted molar refractivity (Wildman–Crippen MR) is 70.6 cm³/mol. The van der Waals surface area contributed by atoms with E-state index in [0.29, 0.717) is 25.6 Å². The average molecular weight is 300 g/mol. The lowest BCUT2D eigenvalue weighted by atomic mass is 10.3. The molecule has 2 fully saturated rings. The molecule has 1 aliphatic carbocycles. The van der Waals surface area contributed by atoms with E-state index in [4.69, 9.17) is 4.74 Å². The van der Waals surface area contributed by atoms with Crippen molar-refractivity contribution in [3.63, 3.8) is 0 Å². The summed E-state index contributed by atoms with van der Waals surface area (Å²) in [6, 6.07) is 3.06. The third kappa shape index (κ3) is 2.18. The van der Waals surface area contributed by atoms with Crippen LogP contribution in [-0.2, 0) is 10.0 Å². The van der Waals surface area contributed by atoms with Gasteiger partial charge >= 0.3 is 0 Å². The normalized spacial score (nSPS) is 29.2. The monoisotopic (exact) mass is 300 g/mol. The lowest BCUT2D eigenvalue weighted by molar-refractivity contribution is 0.326. The van der Waals surface area contributed by atoms with E-state index in [9.17, 15) is 12.8 Å². The van der Waals surface area contributed by atoms with E-state index in [1.165, 1.54) is 16.6 Å². The lowest BCUT2D eigenvalue weighted by Gasteiger charge is -2.18. The molecule has 1 aromatic rings. The van der Waals surface area contributed by atoms with Crippen molar-refractivity contribution in [2.24, 2.45) is 17.8 Å². The van der Waals surface area contributed by atoms with E-state index in [1.807, 2.05) is 6.92 Å². The molecule has 0 radical (unpaired) electrons. The molecule has 3 atom stereocenters. The topological polar surface area (TPSA) is 59.5 Å². The zero-order valence-electron chi connectivity index (χ0n) is 11.2. The van der Waals surface area contributed by atoms with Crippen molar-refractivity contribution in [3.8, 4) is 5.88 Å². The first-order chi connectivity index (χ1) is 9.57. The first-order valence-corrected chi connectivity index (χ1v) is 8.17. The Balaban J connectivity index is 1.73. The van der Waals surface area contributed by atoms with Gasteiger partial charge in [0.25, 0.3) is 0 Å². The largest absolute Gasteiger partial charge is 0.478 e. The average Bonchev–Trinajstić information content (AvgIpc) is 2.90. The molecule has 3 rings (SSSR count). The molecule has 1 saturated heterocycles. The molecule has 0 bridgehead atoms. The van der Waals surface area contributed by atoms with E-state index in [0.717, 1.165) is 0 Å². The quantitative estimate of drug-likeness (QED) is 0.823. The molecular formula is C13H17FN2O3S. The van der Waals surface area contributed by atoms with Gasteiger partial charge in [-0.25, -0.2) is 13.4 Å². The van der Waals surface area contributed by atoms with E-state index in [-0.39, 0.29) is 29.3 Å². The number of fused-ring (bicyclic) bond motifs is 1. The van der Waals surface area contributed by atoms with Crippen molar-refractivity contribution in [1.82, 2.24) is 9.29 Å². The molecular weight excluding hydrogens is 283 g/mol. The number of pyridine rings is 1. The maximum atomic E-state index is 12.6. The molecule has 2 heterocycles. The van der Waals surface area contributed by atoms with Crippen LogP contribution in [0.1, 0.15) is 6.92 Å². The fraction of sp³-hybridized carbons (Fsp3) is 0.615. The van der Waals surface area contributed by atoms with Gasteiger partial charge < -0.3 is 4.74 Å². The minimum Gasteiger partial charge on any atom is -0.478 e. The van der Waals surface area contributed by atoms with Crippen LogP contribution in [0.2, 0.25) is 0 Å². The third-order valence-corrected chi connectivity index (χ3v) is 5.97. The summed E-state index contributed by atoms with van der Waals surface area (Å²) in [5, 5.41) is 0. The van der Waals surface area contributed by atoms with Crippen molar-refractivity contribution in [2.45, 2.75) is 11.8 Å². The zero-order chi connectivity index (χ0) is 14.3. The fourth-order valence-electron chi connectivity index (χ4n) is 2.94. The Morgan fingerprint density at radius 1 is 1.40 bits per heavy atom. The van der Waals surface area contributed by atoms with E-state index in [1.54, 1.807) is 6.07 Å². The number of hydrogen-bond donors (Lipinski definition) is 0. The van der Waals surface area contributed by atoms with Crippen LogP contribution in [0.4, 0.5) is 4.39 Å². The summed E-state index contributed by atoms with van der Waals surface area (Å²) in [7, 11) is -3.51. The Labute approximate surface area is 117 Å². The summed E-state index contributed by atoms with van der Waals surface area (Å²) >= 11 is 0. The SMILES string of the molecule is CCOc1ccc(S(=O)(=O)N2C[C@@H]3C(CF)[C@@H]3C2)cn1. The number of aromatic nitrogens is 1. The number of hydrogen-bond acceptors (Lipinski definition) is 4. The highest BCUT2D eigenvalue weighted by Crippen LogP contribution is 2.52. The summed E-state index contributed by atoms with van der Waals surface area (Å²) in [5.41, 5.74) is 0. The molecule has 0 spiro atoms. The summed E-state index contributed by atoms with van der Waals surface area (Å²) < 4.78 is 44.0. The van der Waals surface area contributed by atoms with Gasteiger partial charge in [0.15, 0.2) is 0 Å². The van der Waals surface area contributed by atoms with Gasteiger partial charge in [0.05, 0.1) is 19.5 Å². The van der Waals surface area contributed by atoms with Crippen LogP contribution >= 0.6 is 0 Å². The summed E-state index contributed by atoms with van der Waals surface area (Å²) in [6.45, 7) is 2.83.